The smallest absolute Gasteiger partial charge is 0.302 e. The molecule has 17 heteroatoms. The number of carbonyl (C=O) groups excluding carboxylic acids is 5. The zero-order valence-corrected chi connectivity index (χ0v) is 25.9. The van der Waals surface area contributed by atoms with Gasteiger partial charge in [0.15, 0.2) is 6.73 Å². The van der Waals surface area contributed by atoms with Crippen LogP contribution in [-0.4, -0.2) is 92.7 Å². The van der Waals surface area contributed by atoms with Crippen molar-refractivity contribution in [2.24, 2.45) is 23.7 Å². The molecule has 0 radical (unpaired) electrons. The van der Waals surface area contributed by atoms with Gasteiger partial charge in [-0.1, -0.05) is 17.4 Å². The van der Waals surface area contributed by atoms with Crippen molar-refractivity contribution in [1.82, 2.24) is 30.1 Å². The molecule has 47 heavy (non-hydrogen) atoms. The molecule has 1 N–H and O–H groups in total. The molecule has 2 bridgehead atoms. The van der Waals surface area contributed by atoms with Crippen LogP contribution in [-0.2, 0) is 53.3 Å². The number of ether oxygens (including phenoxy) is 3. The van der Waals surface area contributed by atoms with E-state index in [1.807, 2.05) is 12.2 Å². The van der Waals surface area contributed by atoms with E-state index in [4.69, 9.17) is 14.2 Å². The van der Waals surface area contributed by atoms with Crippen molar-refractivity contribution in [2.45, 2.75) is 39.6 Å². The lowest BCUT2D eigenvalue weighted by Crippen LogP contribution is -2.43. The number of carbonyl (C=O) groups is 5. The van der Waals surface area contributed by atoms with Gasteiger partial charge in [0, 0.05) is 39.7 Å². The van der Waals surface area contributed by atoms with E-state index in [1.54, 1.807) is 0 Å². The lowest BCUT2D eigenvalue weighted by atomic mass is 9.85. The Bertz CT molecular complexity index is 1560. The lowest BCUT2D eigenvalue weighted by molar-refractivity contribution is -0.385. The monoisotopic (exact) mass is 653 g/mol. The second-order valence-corrected chi connectivity index (χ2v) is 11.5. The zero-order valence-electron chi connectivity index (χ0n) is 25.9. The van der Waals surface area contributed by atoms with Crippen LogP contribution in [0.15, 0.2) is 36.5 Å². The molecule has 2 aromatic rings. The van der Waals surface area contributed by atoms with Crippen LogP contribution in [0.3, 0.4) is 0 Å². The van der Waals surface area contributed by atoms with Crippen LogP contribution in [0.1, 0.15) is 31.0 Å². The molecular formula is C30H35N7O10. The Kier molecular flexibility index (Phi) is 10.2. The van der Waals surface area contributed by atoms with Crippen molar-refractivity contribution in [3.63, 3.8) is 0 Å². The number of nitro benzene ring substituents is 1. The highest BCUT2D eigenvalue weighted by Crippen LogP contribution is 2.52. The average molecular weight is 654 g/mol. The SMILES string of the molecule is COCCNC(=O)CC(=O)N(CCN1C(=O)C2C3C=CC(C3)C2C1=O)Cc1cn(COc2ccc([N+](=O)[O-])c(COC(C)=O)c2)nn1. The summed E-state index contributed by atoms with van der Waals surface area (Å²) in [5, 5.41) is 22.1. The average Bonchev–Trinajstić information content (AvgIpc) is 3.82. The van der Waals surface area contributed by atoms with Crippen LogP contribution in [0, 0.1) is 33.8 Å². The number of fused-ring (bicyclic) bond motifs is 5. The summed E-state index contributed by atoms with van der Waals surface area (Å²) in [5.74, 6) is -2.44. The number of allylic oxidation sites excluding steroid dienone is 2. The molecule has 3 aliphatic rings. The van der Waals surface area contributed by atoms with Gasteiger partial charge in [0.1, 0.15) is 24.5 Å². The Labute approximate surface area is 268 Å². The van der Waals surface area contributed by atoms with Gasteiger partial charge >= 0.3 is 5.97 Å². The van der Waals surface area contributed by atoms with E-state index in [0.717, 1.165) is 6.42 Å². The summed E-state index contributed by atoms with van der Waals surface area (Å²) in [7, 11) is 1.49. The predicted molar refractivity (Wildman–Crippen MR) is 159 cm³/mol. The van der Waals surface area contributed by atoms with Crippen LogP contribution < -0.4 is 10.1 Å². The van der Waals surface area contributed by atoms with Crippen molar-refractivity contribution in [3.8, 4) is 5.75 Å². The second kappa shape index (κ2) is 14.5. The van der Waals surface area contributed by atoms with E-state index in [0.29, 0.717) is 5.69 Å². The zero-order chi connectivity index (χ0) is 33.7. The Balaban J connectivity index is 1.23. The fourth-order valence-corrected chi connectivity index (χ4v) is 6.24. The van der Waals surface area contributed by atoms with Gasteiger partial charge in [-0.15, -0.1) is 5.10 Å². The van der Waals surface area contributed by atoms with Gasteiger partial charge in [-0.3, -0.25) is 39.0 Å². The van der Waals surface area contributed by atoms with Gasteiger partial charge in [0.25, 0.3) is 5.69 Å². The summed E-state index contributed by atoms with van der Waals surface area (Å²) in [6.07, 6.45) is 5.88. The topological polar surface area (TPSA) is 205 Å². The van der Waals surface area contributed by atoms with Crippen molar-refractivity contribution < 1.29 is 43.1 Å². The maximum absolute atomic E-state index is 13.3. The van der Waals surface area contributed by atoms with Crippen LogP contribution in [0.4, 0.5) is 5.69 Å². The molecule has 1 aromatic carbocycles. The van der Waals surface area contributed by atoms with Crippen LogP contribution in [0.2, 0.25) is 0 Å². The molecule has 0 spiro atoms. The first-order valence-corrected chi connectivity index (χ1v) is 15.0. The minimum Gasteiger partial charge on any atom is -0.471 e. The van der Waals surface area contributed by atoms with Crippen LogP contribution in [0.5, 0.6) is 5.75 Å². The Morgan fingerprint density at radius 2 is 1.87 bits per heavy atom. The molecule has 2 aliphatic carbocycles. The lowest BCUT2D eigenvalue weighted by Gasteiger charge is -2.25. The van der Waals surface area contributed by atoms with Gasteiger partial charge in [0.05, 0.1) is 41.7 Å². The summed E-state index contributed by atoms with van der Waals surface area (Å²) in [6.45, 7) is 1.15. The normalized spacial score (nSPS) is 20.8. The van der Waals surface area contributed by atoms with Crippen LogP contribution in [0.25, 0.3) is 0 Å². The van der Waals surface area contributed by atoms with E-state index in [-0.39, 0.29) is 98.6 Å². The third-order valence-corrected chi connectivity index (χ3v) is 8.43. The molecule has 5 rings (SSSR count). The summed E-state index contributed by atoms with van der Waals surface area (Å²) in [6, 6.07) is 4.01. The first-order valence-electron chi connectivity index (χ1n) is 15.0. The third-order valence-electron chi connectivity index (χ3n) is 8.43. The number of aromatic nitrogens is 3. The van der Waals surface area contributed by atoms with Crippen molar-refractivity contribution in [3.05, 3.63) is 57.9 Å². The quantitative estimate of drug-likeness (QED) is 0.0502. The van der Waals surface area contributed by atoms with E-state index < -0.39 is 29.1 Å². The Morgan fingerprint density at radius 1 is 1.15 bits per heavy atom. The maximum Gasteiger partial charge on any atom is 0.302 e. The molecule has 1 saturated carbocycles. The van der Waals surface area contributed by atoms with Gasteiger partial charge in [0.2, 0.25) is 23.6 Å². The molecule has 1 aliphatic heterocycles. The van der Waals surface area contributed by atoms with E-state index in [2.05, 4.69) is 15.6 Å². The molecule has 17 nitrogen and oxygen atoms in total. The first-order chi connectivity index (χ1) is 22.5. The number of benzene rings is 1. The summed E-state index contributed by atoms with van der Waals surface area (Å²) < 4.78 is 16.9. The fraction of sp³-hybridized carbons (Fsp3) is 0.500. The molecule has 250 valence electrons. The number of imide groups is 1. The molecule has 4 atom stereocenters. The van der Waals surface area contributed by atoms with Crippen molar-refractivity contribution in [1.29, 1.82) is 0 Å². The third kappa shape index (κ3) is 7.62. The Morgan fingerprint density at radius 3 is 2.53 bits per heavy atom. The summed E-state index contributed by atoms with van der Waals surface area (Å²) in [5.41, 5.74) is 0.257. The summed E-state index contributed by atoms with van der Waals surface area (Å²) in [4.78, 5) is 76.6. The maximum atomic E-state index is 13.3. The number of esters is 1. The number of nitro groups is 1. The molecule has 4 unspecified atom stereocenters. The number of hydrogen-bond acceptors (Lipinski definition) is 12. The molecule has 1 aromatic heterocycles. The number of hydrogen-bond donors (Lipinski definition) is 1. The highest BCUT2D eigenvalue weighted by atomic mass is 16.6. The second-order valence-electron chi connectivity index (χ2n) is 11.5. The highest BCUT2D eigenvalue weighted by molar-refractivity contribution is 6.06. The fourth-order valence-electron chi connectivity index (χ4n) is 6.24. The largest absolute Gasteiger partial charge is 0.471 e. The van der Waals surface area contributed by atoms with Gasteiger partial charge in [-0.05, 0) is 30.4 Å². The Hall–Kier alpha value is -5.19. The van der Waals surface area contributed by atoms with Crippen molar-refractivity contribution in [2.75, 3.05) is 33.4 Å². The highest BCUT2D eigenvalue weighted by Gasteiger charge is 2.59. The molecule has 4 amide bonds. The first kappa shape index (κ1) is 33.2. The minimum atomic E-state index is -0.592. The van der Waals surface area contributed by atoms with Crippen molar-refractivity contribution >= 4 is 35.3 Å². The van der Waals surface area contributed by atoms with Crippen LogP contribution >= 0.6 is 0 Å². The predicted octanol–water partition coefficient (Wildman–Crippen LogP) is 0.574. The summed E-state index contributed by atoms with van der Waals surface area (Å²) >= 11 is 0. The molecule has 1 saturated heterocycles. The minimum absolute atomic E-state index is 0.0128. The number of amides is 4. The van der Waals surface area contributed by atoms with Gasteiger partial charge < -0.3 is 24.4 Å². The van der Waals surface area contributed by atoms with E-state index in [9.17, 15) is 34.1 Å². The number of methoxy groups -OCH3 is 1. The molecular weight excluding hydrogens is 618 g/mol. The molecule has 2 fully saturated rings. The van der Waals surface area contributed by atoms with E-state index in [1.165, 1.54) is 52.9 Å². The number of nitrogens with zero attached hydrogens (tertiary/aromatic N) is 6. The molecule has 2 heterocycles. The van der Waals surface area contributed by atoms with Gasteiger partial charge in [-0.25, -0.2) is 4.68 Å². The number of rotatable bonds is 16. The van der Waals surface area contributed by atoms with Gasteiger partial charge in [-0.2, -0.15) is 0 Å². The number of nitrogens with one attached hydrogen (secondary N) is 1. The standard InChI is InChI=1S/C30H35N7O10/c1-18(38)46-16-21-12-23(5-6-24(21)37(43)44)47-17-35-15-22(32-33-35)14-34(26(40)13-25(39)31-7-10-45-2)8-9-36-29(41)27-19-3-4-20(11-19)28(27)30(36)42/h3-6,12,15,19-20,27-28H,7-11,13-14,16-17H2,1-2H3,(H,31,39). The van der Waals surface area contributed by atoms with E-state index >= 15 is 0 Å². The number of likely N-dealkylation sites (tertiary alicyclic amines) is 1.